The van der Waals surface area contributed by atoms with Crippen LogP contribution in [0.2, 0.25) is 0 Å². The third-order valence-electron chi connectivity index (χ3n) is 4.81. The Bertz CT molecular complexity index is 338. The smallest absolute Gasteiger partial charge is 0.140 e. The second-order valence-electron chi connectivity index (χ2n) is 6.60. The highest BCUT2D eigenvalue weighted by atomic mass is 16.5. The lowest BCUT2D eigenvalue weighted by Crippen LogP contribution is -2.40. The maximum absolute atomic E-state index is 8.63. The third kappa shape index (κ3) is 3.85. The Balaban J connectivity index is 1.82. The van der Waals surface area contributed by atoms with Gasteiger partial charge in [0.15, 0.2) is 0 Å². The molecule has 116 valence electrons. The van der Waals surface area contributed by atoms with Crippen molar-refractivity contribution in [2.75, 3.05) is 13.1 Å². The second-order valence-corrected chi connectivity index (χ2v) is 6.60. The molecular weight excluding hydrogens is 254 g/mol. The number of rotatable bonds is 6. The number of nitrogens with two attached hydrogens (primary N) is 1. The predicted molar refractivity (Wildman–Crippen MR) is 80.0 cm³/mol. The lowest BCUT2D eigenvalue weighted by molar-refractivity contribution is -0.0498. The Morgan fingerprint density at radius 2 is 2.10 bits per heavy atom. The molecule has 2 aliphatic rings. The minimum Gasteiger partial charge on any atom is -0.409 e. The molecule has 1 aliphatic heterocycles. The Hall–Kier alpha value is -0.810. The van der Waals surface area contributed by atoms with E-state index in [1.807, 2.05) is 0 Å². The number of amidine groups is 1. The van der Waals surface area contributed by atoms with E-state index in [0.717, 1.165) is 13.1 Å². The third-order valence-corrected chi connectivity index (χ3v) is 4.81. The van der Waals surface area contributed by atoms with Gasteiger partial charge < -0.3 is 15.7 Å². The molecule has 0 amide bonds. The summed E-state index contributed by atoms with van der Waals surface area (Å²) in [6.45, 7) is 6.15. The molecule has 1 heterocycles. The van der Waals surface area contributed by atoms with Gasteiger partial charge in [-0.15, -0.1) is 0 Å². The van der Waals surface area contributed by atoms with E-state index in [2.05, 4.69) is 23.9 Å². The minimum absolute atomic E-state index is 0.207. The average Bonchev–Trinajstić information content (AvgIpc) is 3.04. The van der Waals surface area contributed by atoms with Crippen LogP contribution in [0.15, 0.2) is 5.16 Å². The molecule has 0 aromatic heterocycles. The number of hydrogen-bond donors (Lipinski definition) is 2. The minimum atomic E-state index is 0.207. The van der Waals surface area contributed by atoms with E-state index < -0.39 is 0 Å². The van der Waals surface area contributed by atoms with Gasteiger partial charge in [0.1, 0.15) is 5.84 Å². The summed E-state index contributed by atoms with van der Waals surface area (Å²) in [6.07, 6.45) is 8.49. The highest BCUT2D eigenvalue weighted by Crippen LogP contribution is 2.43. The first-order valence-electron chi connectivity index (χ1n) is 7.93. The zero-order chi connectivity index (χ0) is 14.6. The zero-order valence-electron chi connectivity index (χ0n) is 12.8. The maximum Gasteiger partial charge on any atom is 0.140 e. The summed E-state index contributed by atoms with van der Waals surface area (Å²) in [6, 6.07) is 0.449. The first-order valence-corrected chi connectivity index (χ1v) is 7.93. The van der Waals surface area contributed by atoms with Crippen molar-refractivity contribution in [1.82, 2.24) is 4.90 Å². The van der Waals surface area contributed by atoms with E-state index in [1.54, 1.807) is 0 Å². The zero-order valence-corrected chi connectivity index (χ0v) is 12.8. The van der Waals surface area contributed by atoms with Gasteiger partial charge >= 0.3 is 0 Å². The van der Waals surface area contributed by atoms with Gasteiger partial charge in [0.05, 0.1) is 11.7 Å². The van der Waals surface area contributed by atoms with Gasteiger partial charge in [-0.3, -0.25) is 4.90 Å². The maximum atomic E-state index is 8.63. The topological polar surface area (TPSA) is 71.1 Å². The van der Waals surface area contributed by atoms with E-state index >= 15 is 0 Å². The summed E-state index contributed by atoms with van der Waals surface area (Å²) in [7, 11) is 0. The van der Waals surface area contributed by atoms with Crippen molar-refractivity contribution in [2.45, 2.75) is 76.5 Å². The standard InChI is InChI=1S/C15H29N3O2/c1-12(2)18(10-6-14(16)17-19)11-13-5-9-15(20-13)7-3-4-8-15/h12-13,19H,3-11H2,1-2H3,(H2,16,17). The molecule has 0 bridgehead atoms. The lowest BCUT2D eigenvalue weighted by Gasteiger charge is -2.30. The number of nitrogens with zero attached hydrogens (tertiary/aromatic N) is 2. The molecule has 0 aromatic rings. The van der Waals surface area contributed by atoms with E-state index in [1.165, 1.54) is 38.5 Å². The van der Waals surface area contributed by atoms with E-state index in [-0.39, 0.29) is 5.60 Å². The molecule has 20 heavy (non-hydrogen) atoms. The van der Waals surface area contributed by atoms with Gasteiger partial charge in [0, 0.05) is 25.6 Å². The largest absolute Gasteiger partial charge is 0.409 e. The normalized spacial score (nSPS) is 26.2. The molecule has 0 radical (unpaired) electrons. The van der Waals surface area contributed by atoms with Crippen LogP contribution in [0.3, 0.4) is 0 Å². The fourth-order valence-corrected chi connectivity index (χ4v) is 3.54. The highest BCUT2D eigenvalue weighted by molar-refractivity contribution is 5.79. The number of oxime groups is 1. The molecule has 1 aliphatic carbocycles. The Kier molecular flexibility index (Phi) is 5.27. The fraction of sp³-hybridized carbons (Fsp3) is 0.933. The molecule has 5 nitrogen and oxygen atoms in total. The van der Waals surface area contributed by atoms with Crippen molar-refractivity contribution in [3.8, 4) is 0 Å². The van der Waals surface area contributed by atoms with Crippen molar-refractivity contribution in [3.05, 3.63) is 0 Å². The van der Waals surface area contributed by atoms with Gasteiger partial charge in [0.2, 0.25) is 0 Å². The van der Waals surface area contributed by atoms with Crippen LogP contribution in [-0.2, 0) is 4.74 Å². The average molecular weight is 283 g/mol. The summed E-state index contributed by atoms with van der Waals surface area (Å²) in [4.78, 5) is 2.37. The van der Waals surface area contributed by atoms with Gasteiger partial charge in [-0.2, -0.15) is 0 Å². The van der Waals surface area contributed by atoms with E-state index in [9.17, 15) is 0 Å². The Labute approximate surface area is 122 Å². The molecule has 3 N–H and O–H groups in total. The van der Waals surface area contributed by atoms with Crippen LogP contribution in [0, 0.1) is 0 Å². The first-order chi connectivity index (χ1) is 9.54. The van der Waals surface area contributed by atoms with Crippen molar-refractivity contribution < 1.29 is 9.94 Å². The van der Waals surface area contributed by atoms with Crippen LogP contribution in [0.1, 0.15) is 58.8 Å². The van der Waals surface area contributed by atoms with Crippen molar-refractivity contribution >= 4 is 5.84 Å². The number of hydrogen-bond acceptors (Lipinski definition) is 4. The quantitative estimate of drug-likeness (QED) is 0.340. The molecular formula is C15H29N3O2. The second kappa shape index (κ2) is 6.76. The summed E-state index contributed by atoms with van der Waals surface area (Å²) in [5, 5.41) is 11.7. The molecule has 5 heteroatoms. The van der Waals surface area contributed by atoms with Gasteiger partial charge in [-0.25, -0.2) is 0 Å². The van der Waals surface area contributed by atoms with Crippen LogP contribution in [-0.4, -0.2) is 46.8 Å². The first kappa shape index (κ1) is 15.6. The lowest BCUT2D eigenvalue weighted by atomic mass is 9.98. The molecule has 0 aromatic carbocycles. The van der Waals surface area contributed by atoms with Crippen molar-refractivity contribution in [1.29, 1.82) is 0 Å². The van der Waals surface area contributed by atoms with Gasteiger partial charge in [-0.1, -0.05) is 18.0 Å². The molecule has 2 rings (SSSR count). The predicted octanol–water partition coefficient (Wildman–Crippen LogP) is 2.33. The van der Waals surface area contributed by atoms with Crippen LogP contribution in [0.25, 0.3) is 0 Å². The van der Waals surface area contributed by atoms with Crippen LogP contribution in [0.5, 0.6) is 0 Å². The Morgan fingerprint density at radius 3 is 2.70 bits per heavy atom. The van der Waals surface area contributed by atoms with E-state index in [0.29, 0.717) is 24.4 Å². The Morgan fingerprint density at radius 1 is 1.40 bits per heavy atom. The van der Waals surface area contributed by atoms with Crippen LogP contribution < -0.4 is 5.73 Å². The molecule has 2 fully saturated rings. The summed E-state index contributed by atoms with van der Waals surface area (Å²) >= 11 is 0. The van der Waals surface area contributed by atoms with Crippen molar-refractivity contribution in [2.24, 2.45) is 10.9 Å². The monoisotopic (exact) mass is 283 g/mol. The SMILES string of the molecule is CC(C)N(CCC(N)=NO)CC1CCC2(CCCC2)O1. The van der Waals surface area contributed by atoms with Crippen LogP contribution >= 0.6 is 0 Å². The molecule has 1 saturated heterocycles. The summed E-state index contributed by atoms with van der Waals surface area (Å²) in [5.74, 6) is 0.301. The molecule has 1 unspecified atom stereocenters. The fourth-order valence-electron chi connectivity index (χ4n) is 3.54. The van der Waals surface area contributed by atoms with Crippen molar-refractivity contribution in [3.63, 3.8) is 0 Å². The van der Waals surface area contributed by atoms with E-state index in [4.69, 9.17) is 15.7 Å². The van der Waals surface area contributed by atoms with Crippen LogP contribution in [0.4, 0.5) is 0 Å². The molecule has 1 saturated carbocycles. The van der Waals surface area contributed by atoms with Gasteiger partial charge in [-0.05, 0) is 39.5 Å². The summed E-state index contributed by atoms with van der Waals surface area (Å²) < 4.78 is 6.37. The molecule has 1 spiro atoms. The summed E-state index contributed by atoms with van der Waals surface area (Å²) in [5.41, 5.74) is 5.77. The highest BCUT2D eigenvalue weighted by Gasteiger charge is 2.42. The molecule has 1 atom stereocenters. The number of ether oxygens (including phenoxy) is 1. The van der Waals surface area contributed by atoms with Gasteiger partial charge in [0.25, 0.3) is 0 Å².